The molecule has 0 saturated heterocycles. The lowest BCUT2D eigenvalue weighted by molar-refractivity contribution is 0.340. The van der Waals surface area contributed by atoms with Gasteiger partial charge in [-0.05, 0) is 54.2 Å². The van der Waals surface area contributed by atoms with Crippen molar-refractivity contribution < 1.29 is 4.74 Å². The maximum atomic E-state index is 6.50. The molecule has 0 saturated carbocycles. The molecule has 2 aromatic carbocycles. The van der Waals surface area contributed by atoms with Crippen LogP contribution in [0.25, 0.3) is 11.1 Å². The van der Waals surface area contributed by atoms with Gasteiger partial charge >= 0.3 is 0 Å². The molecule has 0 bridgehead atoms. The molecule has 25 heavy (non-hydrogen) atoms. The monoisotopic (exact) mass is 356 g/mol. The predicted molar refractivity (Wildman–Crippen MR) is 110 cm³/mol. The van der Waals surface area contributed by atoms with Gasteiger partial charge in [-0.15, -0.1) is 0 Å². The van der Waals surface area contributed by atoms with Crippen molar-refractivity contribution in [3.8, 4) is 5.75 Å². The van der Waals surface area contributed by atoms with E-state index in [4.69, 9.17) is 16.3 Å². The first-order valence-corrected chi connectivity index (χ1v) is 9.69. The summed E-state index contributed by atoms with van der Waals surface area (Å²) in [5.74, 6) is 1.62. The second kappa shape index (κ2) is 10.3. The van der Waals surface area contributed by atoms with Gasteiger partial charge in [0, 0.05) is 5.03 Å². The van der Waals surface area contributed by atoms with Gasteiger partial charge in [0.15, 0.2) is 0 Å². The molecule has 1 unspecified atom stereocenters. The molecule has 2 rings (SSSR count). The minimum Gasteiger partial charge on any atom is -0.494 e. The van der Waals surface area contributed by atoms with Crippen LogP contribution in [0.15, 0.2) is 48.5 Å². The average Bonchev–Trinajstić information content (AvgIpc) is 2.62. The Labute approximate surface area is 157 Å². The largest absolute Gasteiger partial charge is 0.494 e. The Kier molecular flexibility index (Phi) is 8.08. The van der Waals surface area contributed by atoms with E-state index < -0.39 is 0 Å². The molecular formula is C23H29ClO. The number of rotatable bonds is 9. The molecule has 0 fully saturated rings. The molecule has 0 aliphatic heterocycles. The third-order valence-corrected chi connectivity index (χ3v) is 4.68. The number of unbranched alkanes of at least 4 members (excludes halogenated alkanes) is 1. The first-order valence-electron chi connectivity index (χ1n) is 9.31. The fourth-order valence-electron chi connectivity index (χ4n) is 2.91. The zero-order chi connectivity index (χ0) is 18.1. The van der Waals surface area contributed by atoms with E-state index in [0.717, 1.165) is 34.2 Å². The van der Waals surface area contributed by atoms with Crippen LogP contribution in [0.4, 0.5) is 0 Å². The maximum absolute atomic E-state index is 6.50. The molecule has 1 atom stereocenters. The Morgan fingerprint density at radius 1 is 1.04 bits per heavy atom. The standard InChI is InChI=1S/C23H29ClO/c1-4-6-7-18(3)16-19-8-12-21(13-9-19)23(24)17-20-10-14-22(15-11-20)25-5-2/h8-15,17-18H,4-7,16H2,1-3H3/b23-17-. The van der Waals surface area contributed by atoms with Crippen LogP contribution < -0.4 is 4.74 Å². The molecule has 0 spiro atoms. The highest BCUT2D eigenvalue weighted by atomic mass is 35.5. The summed E-state index contributed by atoms with van der Waals surface area (Å²) < 4.78 is 5.47. The highest BCUT2D eigenvalue weighted by molar-refractivity contribution is 6.51. The SMILES string of the molecule is CCCCC(C)Cc1ccc(/C(Cl)=C/c2ccc(OCC)cc2)cc1. The first kappa shape index (κ1) is 19.6. The summed E-state index contributed by atoms with van der Waals surface area (Å²) in [6.45, 7) is 7.25. The van der Waals surface area contributed by atoms with Crippen LogP contribution in [0.3, 0.4) is 0 Å². The molecule has 0 amide bonds. The van der Waals surface area contributed by atoms with Crippen molar-refractivity contribution in [2.45, 2.75) is 46.5 Å². The Morgan fingerprint density at radius 2 is 1.72 bits per heavy atom. The van der Waals surface area contributed by atoms with Crippen molar-refractivity contribution in [2.75, 3.05) is 6.61 Å². The van der Waals surface area contributed by atoms with E-state index in [9.17, 15) is 0 Å². The van der Waals surface area contributed by atoms with Crippen molar-refractivity contribution >= 4 is 22.7 Å². The summed E-state index contributed by atoms with van der Waals surface area (Å²) in [5, 5.41) is 0.759. The van der Waals surface area contributed by atoms with Crippen LogP contribution >= 0.6 is 11.6 Å². The second-order valence-corrected chi connectivity index (χ2v) is 7.05. The van der Waals surface area contributed by atoms with E-state index in [1.807, 2.05) is 37.3 Å². The highest BCUT2D eigenvalue weighted by Crippen LogP contribution is 2.24. The van der Waals surface area contributed by atoms with Crippen LogP contribution in [-0.2, 0) is 6.42 Å². The van der Waals surface area contributed by atoms with Gasteiger partial charge in [-0.25, -0.2) is 0 Å². The van der Waals surface area contributed by atoms with Gasteiger partial charge < -0.3 is 4.74 Å². The summed E-state index contributed by atoms with van der Waals surface area (Å²) in [4.78, 5) is 0. The first-order chi connectivity index (χ1) is 12.1. The van der Waals surface area contributed by atoms with Gasteiger partial charge in [-0.3, -0.25) is 0 Å². The summed E-state index contributed by atoms with van der Waals surface area (Å²) in [6, 6.07) is 16.6. The number of halogens is 1. The summed E-state index contributed by atoms with van der Waals surface area (Å²) in [6.07, 6.45) is 7.03. The number of hydrogen-bond donors (Lipinski definition) is 0. The van der Waals surface area contributed by atoms with Gasteiger partial charge in [0.1, 0.15) is 5.75 Å². The lowest BCUT2D eigenvalue weighted by atomic mass is 9.95. The molecule has 134 valence electrons. The lowest BCUT2D eigenvalue weighted by Gasteiger charge is -2.11. The molecule has 0 aliphatic carbocycles. The van der Waals surface area contributed by atoms with Crippen molar-refractivity contribution in [3.05, 3.63) is 65.2 Å². The fraction of sp³-hybridized carbons (Fsp3) is 0.391. The van der Waals surface area contributed by atoms with E-state index in [2.05, 4.69) is 38.1 Å². The molecule has 0 radical (unpaired) electrons. The van der Waals surface area contributed by atoms with Gasteiger partial charge in [-0.2, -0.15) is 0 Å². The van der Waals surface area contributed by atoms with Crippen molar-refractivity contribution in [3.63, 3.8) is 0 Å². The third-order valence-electron chi connectivity index (χ3n) is 4.35. The van der Waals surface area contributed by atoms with E-state index in [1.165, 1.54) is 24.8 Å². The zero-order valence-electron chi connectivity index (χ0n) is 15.6. The molecule has 0 aliphatic rings. The maximum Gasteiger partial charge on any atom is 0.119 e. The van der Waals surface area contributed by atoms with E-state index in [1.54, 1.807) is 0 Å². The minimum absolute atomic E-state index is 0.680. The fourth-order valence-corrected chi connectivity index (χ4v) is 3.17. The molecule has 1 nitrogen and oxygen atoms in total. The topological polar surface area (TPSA) is 9.23 Å². The third kappa shape index (κ3) is 6.59. The van der Waals surface area contributed by atoms with E-state index in [-0.39, 0.29) is 0 Å². The van der Waals surface area contributed by atoms with Crippen molar-refractivity contribution in [1.29, 1.82) is 0 Å². The Morgan fingerprint density at radius 3 is 2.32 bits per heavy atom. The lowest BCUT2D eigenvalue weighted by Crippen LogP contribution is -1.99. The van der Waals surface area contributed by atoms with E-state index in [0.29, 0.717) is 6.61 Å². The summed E-state index contributed by atoms with van der Waals surface area (Å²) in [5.41, 5.74) is 3.52. The second-order valence-electron chi connectivity index (χ2n) is 6.64. The molecule has 0 N–H and O–H groups in total. The molecule has 0 heterocycles. The quantitative estimate of drug-likeness (QED) is 0.432. The average molecular weight is 357 g/mol. The molecule has 2 heteroatoms. The summed E-state index contributed by atoms with van der Waals surface area (Å²) in [7, 11) is 0. The smallest absolute Gasteiger partial charge is 0.119 e. The normalized spacial score (nSPS) is 12.9. The predicted octanol–water partition coefficient (Wildman–Crippen LogP) is 7.19. The van der Waals surface area contributed by atoms with Crippen LogP contribution in [0.2, 0.25) is 0 Å². The van der Waals surface area contributed by atoms with Crippen LogP contribution in [0, 0.1) is 5.92 Å². The van der Waals surface area contributed by atoms with Crippen molar-refractivity contribution in [2.24, 2.45) is 5.92 Å². The van der Waals surface area contributed by atoms with Gasteiger partial charge in [0.25, 0.3) is 0 Å². The Balaban J connectivity index is 2.00. The Bertz CT molecular complexity index is 655. The van der Waals surface area contributed by atoms with Crippen LogP contribution in [0.1, 0.15) is 56.7 Å². The molecule has 0 aromatic heterocycles. The van der Waals surface area contributed by atoms with Gasteiger partial charge in [-0.1, -0.05) is 81.1 Å². The van der Waals surface area contributed by atoms with E-state index >= 15 is 0 Å². The van der Waals surface area contributed by atoms with Crippen LogP contribution in [-0.4, -0.2) is 6.61 Å². The van der Waals surface area contributed by atoms with Gasteiger partial charge in [0.05, 0.1) is 6.61 Å². The number of ether oxygens (including phenoxy) is 1. The number of hydrogen-bond acceptors (Lipinski definition) is 1. The minimum atomic E-state index is 0.680. The Hall–Kier alpha value is -1.73. The highest BCUT2D eigenvalue weighted by Gasteiger charge is 2.05. The zero-order valence-corrected chi connectivity index (χ0v) is 16.4. The van der Waals surface area contributed by atoms with Crippen LogP contribution in [0.5, 0.6) is 5.75 Å². The van der Waals surface area contributed by atoms with Gasteiger partial charge in [0.2, 0.25) is 0 Å². The molecular weight excluding hydrogens is 328 g/mol. The molecule has 2 aromatic rings. The number of benzene rings is 2. The summed E-state index contributed by atoms with van der Waals surface area (Å²) >= 11 is 6.50. The van der Waals surface area contributed by atoms with Crippen molar-refractivity contribution in [1.82, 2.24) is 0 Å².